The van der Waals surface area contributed by atoms with E-state index in [4.69, 9.17) is 4.74 Å². The van der Waals surface area contributed by atoms with E-state index < -0.39 is 0 Å². The molecule has 0 radical (unpaired) electrons. The van der Waals surface area contributed by atoms with Crippen molar-refractivity contribution in [3.8, 4) is 5.75 Å². The molecule has 0 aromatic heterocycles. The summed E-state index contributed by atoms with van der Waals surface area (Å²) in [6.07, 6.45) is 0.682. The normalized spacial score (nSPS) is 10.7. The number of ether oxygens (including phenoxy) is 1. The molecule has 1 N–H and O–H groups in total. The zero-order valence-electron chi connectivity index (χ0n) is 9.51. The second kappa shape index (κ2) is 5.71. The molecule has 1 aromatic carbocycles. The molecule has 0 atom stereocenters. The Morgan fingerprint density at radius 3 is 2.73 bits per heavy atom. The van der Waals surface area contributed by atoms with Crippen LogP contribution in [0.4, 0.5) is 4.39 Å². The molecule has 2 nitrogen and oxygen atoms in total. The quantitative estimate of drug-likeness (QED) is 0.807. The summed E-state index contributed by atoms with van der Waals surface area (Å²) >= 11 is 0. The van der Waals surface area contributed by atoms with Gasteiger partial charge in [0.05, 0.1) is 7.11 Å². The van der Waals surface area contributed by atoms with Gasteiger partial charge in [-0.15, -0.1) is 0 Å². The van der Waals surface area contributed by atoms with Gasteiger partial charge >= 0.3 is 0 Å². The Labute approximate surface area is 90.4 Å². The fraction of sp³-hybridized carbons (Fsp3) is 0.500. The minimum atomic E-state index is -0.245. The minimum Gasteiger partial charge on any atom is -0.494 e. The Morgan fingerprint density at radius 1 is 1.40 bits per heavy atom. The standard InChI is InChI=1S/C12H18FNO/c1-9(2)14-8-7-10-5-4-6-11(15-3)12(10)13/h4-6,9,14H,7-8H2,1-3H3. The molecule has 0 aliphatic heterocycles. The lowest BCUT2D eigenvalue weighted by Gasteiger charge is -2.10. The summed E-state index contributed by atoms with van der Waals surface area (Å²) in [5.74, 6) is 0.0719. The molecular weight excluding hydrogens is 193 g/mol. The molecule has 1 rings (SSSR count). The summed E-state index contributed by atoms with van der Waals surface area (Å²) in [6.45, 7) is 4.92. The lowest BCUT2D eigenvalue weighted by molar-refractivity contribution is 0.384. The third-order valence-corrected chi connectivity index (χ3v) is 2.21. The molecule has 0 fully saturated rings. The molecule has 84 valence electrons. The number of nitrogens with one attached hydrogen (secondary N) is 1. The van der Waals surface area contributed by atoms with Gasteiger partial charge in [0.15, 0.2) is 11.6 Å². The van der Waals surface area contributed by atoms with E-state index >= 15 is 0 Å². The number of halogens is 1. The van der Waals surface area contributed by atoms with E-state index in [0.29, 0.717) is 23.8 Å². The zero-order chi connectivity index (χ0) is 11.3. The Hall–Kier alpha value is -1.09. The molecule has 3 heteroatoms. The van der Waals surface area contributed by atoms with Crippen LogP contribution in [0.1, 0.15) is 19.4 Å². The van der Waals surface area contributed by atoms with E-state index in [0.717, 1.165) is 6.54 Å². The van der Waals surface area contributed by atoms with Crippen LogP contribution in [0.2, 0.25) is 0 Å². The van der Waals surface area contributed by atoms with Gasteiger partial charge in [-0.1, -0.05) is 26.0 Å². The maximum atomic E-state index is 13.6. The molecule has 0 saturated heterocycles. The van der Waals surface area contributed by atoms with Gasteiger partial charge in [-0.3, -0.25) is 0 Å². The SMILES string of the molecule is COc1cccc(CCNC(C)C)c1F. The van der Waals surface area contributed by atoms with Crippen molar-refractivity contribution in [2.75, 3.05) is 13.7 Å². The molecular formula is C12H18FNO. The van der Waals surface area contributed by atoms with Crippen molar-refractivity contribution in [3.05, 3.63) is 29.6 Å². The van der Waals surface area contributed by atoms with Crippen LogP contribution in [0.25, 0.3) is 0 Å². The van der Waals surface area contributed by atoms with Crippen LogP contribution in [0.15, 0.2) is 18.2 Å². The van der Waals surface area contributed by atoms with Crippen LogP contribution < -0.4 is 10.1 Å². The van der Waals surface area contributed by atoms with E-state index in [1.165, 1.54) is 7.11 Å². The average Bonchev–Trinajstić information content (AvgIpc) is 2.20. The Balaban J connectivity index is 2.61. The molecule has 0 amide bonds. The molecule has 0 unspecified atom stereocenters. The monoisotopic (exact) mass is 211 g/mol. The lowest BCUT2D eigenvalue weighted by Crippen LogP contribution is -2.25. The van der Waals surface area contributed by atoms with Crippen molar-refractivity contribution in [2.45, 2.75) is 26.3 Å². The van der Waals surface area contributed by atoms with E-state index in [1.807, 2.05) is 6.07 Å². The van der Waals surface area contributed by atoms with E-state index in [1.54, 1.807) is 12.1 Å². The number of rotatable bonds is 5. The van der Waals surface area contributed by atoms with Gasteiger partial charge in [0.2, 0.25) is 0 Å². The van der Waals surface area contributed by atoms with Crippen LogP contribution in [0.5, 0.6) is 5.75 Å². The van der Waals surface area contributed by atoms with E-state index in [-0.39, 0.29) is 5.82 Å². The molecule has 0 saturated carbocycles. The van der Waals surface area contributed by atoms with Crippen molar-refractivity contribution in [1.82, 2.24) is 5.32 Å². The number of methoxy groups -OCH3 is 1. The highest BCUT2D eigenvalue weighted by molar-refractivity contribution is 5.31. The number of benzene rings is 1. The predicted octanol–water partition coefficient (Wildman–Crippen LogP) is 2.37. The van der Waals surface area contributed by atoms with Gasteiger partial charge in [0, 0.05) is 6.04 Å². The zero-order valence-corrected chi connectivity index (χ0v) is 9.51. The van der Waals surface area contributed by atoms with Crippen LogP contribution in [-0.2, 0) is 6.42 Å². The predicted molar refractivity (Wildman–Crippen MR) is 59.8 cm³/mol. The fourth-order valence-corrected chi connectivity index (χ4v) is 1.40. The fourth-order valence-electron chi connectivity index (χ4n) is 1.40. The van der Waals surface area contributed by atoms with Gasteiger partial charge in [-0.05, 0) is 24.6 Å². The summed E-state index contributed by atoms with van der Waals surface area (Å²) in [6, 6.07) is 5.67. The first-order valence-electron chi connectivity index (χ1n) is 5.20. The Morgan fingerprint density at radius 2 is 2.13 bits per heavy atom. The Bertz CT molecular complexity index is 312. The van der Waals surface area contributed by atoms with Crippen LogP contribution >= 0.6 is 0 Å². The first-order valence-corrected chi connectivity index (χ1v) is 5.20. The minimum absolute atomic E-state index is 0.245. The van der Waals surface area contributed by atoms with Gasteiger partial charge < -0.3 is 10.1 Å². The summed E-state index contributed by atoms with van der Waals surface area (Å²) < 4.78 is 18.6. The highest BCUT2D eigenvalue weighted by atomic mass is 19.1. The summed E-state index contributed by atoms with van der Waals surface area (Å²) in [4.78, 5) is 0. The maximum absolute atomic E-state index is 13.6. The Kier molecular flexibility index (Phi) is 4.56. The highest BCUT2D eigenvalue weighted by Crippen LogP contribution is 2.19. The lowest BCUT2D eigenvalue weighted by atomic mass is 10.1. The largest absolute Gasteiger partial charge is 0.494 e. The van der Waals surface area contributed by atoms with Crippen LogP contribution in [0.3, 0.4) is 0 Å². The number of hydrogen-bond acceptors (Lipinski definition) is 2. The summed E-state index contributed by atoms with van der Waals surface area (Å²) in [7, 11) is 1.48. The highest BCUT2D eigenvalue weighted by Gasteiger charge is 2.07. The van der Waals surface area contributed by atoms with Gasteiger partial charge in [-0.25, -0.2) is 4.39 Å². The molecule has 0 aliphatic rings. The third-order valence-electron chi connectivity index (χ3n) is 2.21. The van der Waals surface area contributed by atoms with E-state index in [9.17, 15) is 4.39 Å². The van der Waals surface area contributed by atoms with Gasteiger partial charge in [-0.2, -0.15) is 0 Å². The topological polar surface area (TPSA) is 21.3 Å². The number of hydrogen-bond donors (Lipinski definition) is 1. The molecule has 0 aliphatic carbocycles. The van der Waals surface area contributed by atoms with E-state index in [2.05, 4.69) is 19.2 Å². The summed E-state index contributed by atoms with van der Waals surface area (Å²) in [5.41, 5.74) is 0.697. The third kappa shape index (κ3) is 3.51. The van der Waals surface area contributed by atoms with Crippen molar-refractivity contribution >= 4 is 0 Å². The van der Waals surface area contributed by atoms with Crippen molar-refractivity contribution < 1.29 is 9.13 Å². The average molecular weight is 211 g/mol. The van der Waals surface area contributed by atoms with Gasteiger partial charge in [0.25, 0.3) is 0 Å². The van der Waals surface area contributed by atoms with Crippen molar-refractivity contribution in [2.24, 2.45) is 0 Å². The summed E-state index contributed by atoms with van der Waals surface area (Å²) in [5, 5.41) is 3.25. The molecule has 1 aromatic rings. The second-order valence-corrected chi connectivity index (χ2v) is 3.79. The molecule has 0 spiro atoms. The first-order chi connectivity index (χ1) is 7.15. The smallest absolute Gasteiger partial charge is 0.168 e. The molecule has 15 heavy (non-hydrogen) atoms. The van der Waals surface area contributed by atoms with Crippen molar-refractivity contribution in [1.29, 1.82) is 0 Å². The van der Waals surface area contributed by atoms with Crippen LogP contribution in [-0.4, -0.2) is 19.7 Å². The second-order valence-electron chi connectivity index (χ2n) is 3.79. The van der Waals surface area contributed by atoms with Crippen molar-refractivity contribution in [3.63, 3.8) is 0 Å². The van der Waals surface area contributed by atoms with Gasteiger partial charge in [0.1, 0.15) is 0 Å². The first kappa shape index (κ1) is 12.0. The maximum Gasteiger partial charge on any atom is 0.168 e. The molecule has 0 heterocycles. The van der Waals surface area contributed by atoms with Crippen LogP contribution in [0, 0.1) is 5.82 Å². The molecule has 0 bridgehead atoms.